The van der Waals surface area contributed by atoms with E-state index >= 15 is 0 Å². The standard InChI is InChI=1S/C24H21N3/c1-17(2)22-25-23(20-11-7-4-8-12-20)27-24(26-22)21-15-13-19(14-16-21)18-9-5-3-6-10-18/h3-17H,1-2H3/i4D,7D,8D,11D,12D. The summed E-state index contributed by atoms with van der Waals surface area (Å²) < 4.78 is 40.3. The van der Waals surface area contributed by atoms with Crippen LogP contribution in [0, 0.1) is 0 Å². The van der Waals surface area contributed by atoms with Crippen molar-refractivity contribution in [2.45, 2.75) is 19.8 Å². The van der Waals surface area contributed by atoms with Crippen molar-refractivity contribution in [1.82, 2.24) is 15.0 Å². The molecule has 3 nitrogen and oxygen atoms in total. The Labute approximate surface area is 166 Å². The minimum Gasteiger partial charge on any atom is -0.213 e. The van der Waals surface area contributed by atoms with E-state index in [1.54, 1.807) is 0 Å². The zero-order chi connectivity index (χ0) is 23.0. The molecule has 4 rings (SSSR count). The summed E-state index contributed by atoms with van der Waals surface area (Å²) in [5.74, 6) is 0.917. The Morgan fingerprint density at radius 2 is 1.19 bits per heavy atom. The Morgan fingerprint density at radius 3 is 1.81 bits per heavy atom. The van der Waals surface area contributed by atoms with Gasteiger partial charge in [-0.3, -0.25) is 0 Å². The van der Waals surface area contributed by atoms with Gasteiger partial charge in [-0.25, -0.2) is 15.0 Å². The molecule has 3 aromatic carbocycles. The van der Waals surface area contributed by atoms with Gasteiger partial charge < -0.3 is 0 Å². The monoisotopic (exact) mass is 356 g/mol. The van der Waals surface area contributed by atoms with Gasteiger partial charge in [-0.15, -0.1) is 0 Å². The largest absolute Gasteiger partial charge is 0.213 e. The van der Waals surface area contributed by atoms with E-state index in [1.807, 2.05) is 68.4 Å². The van der Waals surface area contributed by atoms with Crippen molar-refractivity contribution in [2.24, 2.45) is 0 Å². The Hall–Kier alpha value is -3.33. The van der Waals surface area contributed by atoms with Crippen molar-refractivity contribution in [3.8, 4) is 33.9 Å². The van der Waals surface area contributed by atoms with Gasteiger partial charge in [-0.05, 0) is 11.1 Å². The van der Waals surface area contributed by atoms with Crippen LogP contribution in [0.3, 0.4) is 0 Å². The van der Waals surface area contributed by atoms with E-state index in [1.165, 1.54) is 0 Å². The average Bonchev–Trinajstić information content (AvgIpc) is 2.82. The van der Waals surface area contributed by atoms with E-state index < -0.39 is 18.1 Å². The maximum Gasteiger partial charge on any atom is 0.163 e. The van der Waals surface area contributed by atoms with Crippen molar-refractivity contribution in [3.63, 3.8) is 0 Å². The molecule has 0 amide bonds. The molecule has 0 bridgehead atoms. The molecule has 0 saturated heterocycles. The van der Waals surface area contributed by atoms with E-state index in [-0.39, 0.29) is 29.4 Å². The van der Waals surface area contributed by atoms with Crippen LogP contribution in [0.1, 0.15) is 32.4 Å². The summed E-state index contributed by atoms with van der Waals surface area (Å²) in [6.07, 6.45) is 0. The van der Waals surface area contributed by atoms with Crippen molar-refractivity contribution in [1.29, 1.82) is 0 Å². The molecule has 0 saturated carbocycles. The quantitative estimate of drug-likeness (QED) is 0.450. The first-order valence-electron chi connectivity index (χ1n) is 11.3. The lowest BCUT2D eigenvalue weighted by molar-refractivity contribution is 0.766. The molecule has 0 atom stereocenters. The van der Waals surface area contributed by atoms with Gasteiger partial charge in [0.15, 0.2) is 11.6 Å². The average molecular weight is 356 g/mol. The number of aromatic nitrogens is 3. The first kappa shape index (κ1) is 12.1. The molecule has 0 fully saturated rings. The minimum atomic E-state index is -0.446. The van der Waals surface area contributed by atoms with Gasteiger partial charge in [0.1, 0.15) is 5.82 Å². The predicted octanol–water partition coefficient (Wildman–Crippen LogP) is 6.00. The zero-order valence-corrected chi connectivity index (χ0v) is 15.1. The first-order valence-corrected chi connectivity index (χ1v) is 8.77. The highest BCUT2D eigenvalue weighted by Gasteiger charge is 2.12. The van der Waals surface area contributed by atoms with Crippen LogP contribution in [0.15, 0.2) is 84.8 Å². The third-order valence-electron chi connectivity index (χ3n) is 4.14. The minimum absolute atomic E-state index is 0.0255. The fourth-order valence-corrected chi connectivity index (χ4v) is 2.70. The highest BCUT2D eigenvalue weighted by atomic mass is 15.0. The molecule has 0 N–H and O–H groups in total. The highest BCUT2D eigenvalue weighted by molar-refractivity contribution is 5.68. The van der Waals surface area contributed by atoms with Crippen molar-refractivity contribution in [2.75, 3.05) is 0 Å². The molecule has 1 aromatic heterocycles. The van der Waals surface area contributed by atoms with Crippen LogP contribution in [-0.4, -0.2) is 15.0 Å². The number of hydrogen-bond acceptors (Lipinski definition) is 3. The summed E-state index contributed by atoms with van der Waals surface area (Å²) in [7, 11) is 0. The van der Waals surface area contributed by atoms with Crippen LogP contribution in [0.4, 0.5) is 0 Å². The van der Waals surface area contributed by atoms with Crippen LogP contribution in [-0.2, 0) is 0 Å². The van der Waals surface area contributed by atoms with E-state index in [2.05, 4.69) is 15.0 Å². The molecule has 0 unspecified atom stereocenters. The van der Waals surface area contributed by atoms with Gasteiger partial charge in [-0.2, -0.15) is 0 Å². The van der Waals surface area contributed by atoms with Gasteiger partial charge in [-0.1, -0.05) is 98.7 Å². The number of benzene rings is 3. The summed E-state index contributed by atoms with van der Waals surface area (Å²) in [6.45, 7) is 3.87. The molecule has 132 valence electrons. The van der Waals surface area contributed by atoms with Gasteiger partial charge in [0, 0.05) is 17.0 Å². The fraction of sp³-hybridized carbons (Fsp3) is 0.125. The molecule has 1 heterocycles. The second-order valence-corrected chi connectivity index (χ2v) is 6.44. The molecule has 0 aliphatic rings. The fourth-order valence-electron chi connectivity index (χ4n) is 2.70. The van der Waals surface area contributed by atoms with Gasteiger partial charge in [0.05, 0.1) is 6.85 Å². The van der Waals surface area contributed by atoms with Crippen molar-refractivity contribution in [3.05, 3.63) is 90.6 Å². The summed E-state index contributed by atoms with van der Waals surface area (Å²) in [5, 5.41) is 0. The number of rotatable bonds is 4. The molecule has 0 radical (unpaired) electrons. The van der Waals surface area contributed by atoms with Crippen LogP contribution in [0.25, 0.3) is 33.9 Å². The van der Waals surface area contributed by atoms with Gasteiger partial charge in [0.25, 0.3) is 0 Å². The van der Waals surface area contributed by atoms with Crippen LogP contribution in [0.5, 0.6) is 0 Å². The predicted molar refractivity (Wildman–Crippen MR) is 110 cm³/mol. The molecule has 3 heteroatoms. The topological polar surface area (TPSA) is 38.7 Å². The lowest BCUT2D eigenvalue weighted by atomic mass is 10.0. The highest BCUT2D eigenvalue weighted by Crippen LogP contribution is 2.25. The molecule has 0 spiro atoms. The van der Waals surface area contributed by atoms with Crippen LogP contribution >= 0.6 is 0 Å². The maximum atomic E-state index is 8.28. The van der Waals surface area contributed by atoms with Crippen molar-refractivity contribution >= 4 is 0 Å². The third-order valence-corrected chi connectivity index (χ3v) is 4.14. The summed E-state index contributed by atoms with van der Waals surface area (Å²) in [4.78, 5) is 13.5. The van der Waals surface area contributed by atoms with Crippen molar-refractivity contribution < 1.29 is 6.85 Å². The van der Waals surface area contributed by atoms with Crippen LogP contribution < -0.4 is 0 Å². The second-order valence-electron chi connectivity index (χ2n) is 6.44. The maximum absolute atomic E-state index is 8.28. The Kier molecular flexibility index (Phi) is 3.37. The molecule has 4 aromatic rings. The molecular weight excluding hydrogens is 330 g/mol. The number of hydrogen-bond donors (Lipinski definition) is 0. The second kappa shape index (κ2) is 7.50. The zero-order valence-electron chi connectivity index (χ0n) is 20.1. The van der Waals surface area contributed by atoms with E-state index in [4.69, 9.17) is 6.85 Å². The summed E-state index contributed by atoms with van der Waals surface area (Å²) in [6, 6.07) is 15.8. The third kappa shape index (κ3) is 3.77. The number of nitrogens with zero attached hydrogens (tertiary/aromatic N) is 3. The van der Waals surface area contributed by atoms with E-state index in [9.17, 15) is 0 Å². The van der Waals surface area contributed by atoms with Gasteiger partial charge >= 0.3 is 0 Å². The normalized spacial score (nSPS) is 13.5. The summed E-state index contributed by atoms with van der Waals surface area (Å²) in [5.41, 5.74) is 2.88. The van der Waals surface area contributed by atoms with Gasteiger partial charge in [0.2, 0.25) is 0 Å². The lowest BCUT2D eigenvalue weighted by Gasteiger charge is -2.10. The molecule has 0 aliphatic heterocycles. The smallest absolute Gasteiger partial charge is 0.163 e. The molecular formula is C24H21N3. The Balaban J connectivity index is 1.86. The first-order chi connectivity index (χ1) is 15.3. The van der Waals surface area contributed by atoms with Crippen LogP contribution in [0.2, 0.25) is 0 Å². The molecule has 27 heavy (non-hydrogen) atoms. The lowest BCUT2D eigenvalue weighted by Crippen LogP contribution is -2.04. The van der Waals surface area contributed by atoms with E-state index in [0.29, 0.717) is 11.6 Å². The molecule has 0 aliphatic carbocycles. The Morgan fingerprint density at radius 1 is 0.630 bits per heavy atom. The SMILES string of the molecule is [2H]c1c([2H])c([2H])c(-c2nc(-c3ccc(-c4ccccc4)cc3)nc(C(C)C)n2)c([2H])c1[2H]. The Bertz CT molecular complexity index is 1260. The van der Waals surface area contributed by atoms with E-state index in [0.717, 1.165) is 16.7 Å². The summed E-state index contributed by atoms with van der Waals surface area (Å²) >= 11 is 0.